The van der Waals surface area contributed by atoms with E-state index in [-0.39, 0.29) is 12.7 Å². The van der Waals surface area contributed by atoms with Gasteiger partial charge in [-0.25, -0.2) is 0 Å². The van der Waals surface area contributed by atoms with Gasteiger partial charge in [0, 0.05) is 10.5 Å². The van der Waals surface area contributed by atoms with Gasteiger partial charge in [0.2, 0.25) is 0 Å². The van der Waals surface area contributed by atoms with Crippen LogP contribution in [0.2, 0.25) is 0 Å². The van der Waals surface area contributed by atoms with E-state index in [4.69, 9.17) is 5.11 Å². The average molecular weight is 272 g/mol. The topological polar surface area (TPSA) is 40.5 Å². The molecule has 0 fully saturated rings. The molecule has 0 aliphatic rings. The summed E-state index contributed by atoms with van der Waals surface area (Å²) in [6.07, 6.45) is 3.34. The monoisotopic (exact) mass is 272 g/mol. The van der Waals surface area contributed by atoms with E-state index in [9.17, 15) is 5.11 Å². The van der Waals surface area contributed by atoms with Crippen LogP contribution in [0.3, 0.4) is 0 Å². The van der Waals surface area contributed by atoms with E-state index in [2.05, 4.69) is 29.5 Å². The number of halogens is 1. The van der Waals surface area contributed by atoms with Crippen LogP contribution in [0.1, 0.15) is 32.6 Å². The molecule has 0 bridgehead atoms. The SMILES string of the molecule is CCCC(I)CC(O)CCO. The van der Waals surface area contributed by atoms with E-state index in [1.165, 1.54) is 6.42 Å². The van der Waals surface area contributed by atoms with E-state index in [0.717, 1.165) is 12.8 Å². The Labute approximate surface area is 82.1 Å². The van der Waals surface area contributed by atoms with Gasteiger partial charge in [-0.3, -0.25) is 0 Å². The lowest BCUT2D eigenvalue weighted by Crippen LogP contribution is -2.14. The van der Waals surface area contributed by atoms with Gasteiger partial charge in [0.1, 0.15) is 0 Å². The molecule has 2 N–H and O–H groups in total. The van der Waals surface area contributed by atoms with Crippen LogP contribution in [0.4, 0.5) is 0 Å². The van der Waals surface area contributed by atoms with Crippen molar-refractivity contribution in [1.29, 1.82) is 0 Å². The summed E-state index contributed by atoms with van der Waals surface area (Å²) in [4.78, 5) is 0. The van der Waals surface area contributed by atoms with E-state index in [1.807, 2.05) is 0 Å². The van der Waals surface area contributed by atoms with Crippen LogP contribution in [-0.2, 0) is 0 Å². The molecule has 11 heavy (non-hydrogen) atoms. The molecule has 0 rings (SSSR count). The molecular weight excluding hydrogens is 255 g/mol. The lowest BCUT2D eigenvalue weighted by Gasteiger charge is -2.12. The van der Waals surface area contributed by atoms with Gasteiger partial charge < -0.3 is 10.2 Å². The second kappa shape index (κ2) is 7.31. The van der Waals surface area contributed by atoms with Crippen molar-refractivity contribution in [3.8, 4) is 0 Å². The number of aliphatic hydroxyl groups excluding tert-OH is 2. The third kappa shape index (κ3) is 7.03. The molecule has 0 aliphatic heterocycles. The van der Waals surface area contributed by atoms with Gasteiger partial charge in [0.05, 0.1) is 6.10 Å². The van der Waals surface area contributed by atoms with Crippen LogP contribution in [0.5, 0.6) is 0 Å². The Morgan fingerprint density at radius 2 is 2.00 bits per heavy atom. The molecule has 2 nitrogen and oxygen atoms in total. The molecule has 2 atom stereocenters. The third-order valence-electron chi connectivity index (χ3n) is 1.59. The van der Waals surface area contributed by atoms with Crippen molar-refractivity contribution in [1.82, 2.24) is 0 Å². The molecule has 3 heteroatoms. The maximum Gasteiger partial charge on any atom is 0.0572 e. The van der Waals surface area contributed by atoms with E-state index < -0.39 is 0 Å². The van der Waals surface area contributed by atoms with Crippen LogP contribution in [-0.4, -0.2) is 26.8 Å². The number of rotatable bonds is 6. The predicted molar refractivity (Wildman–Crippen MR) is 55.0 cm³/mol. The van der Waals surface area contributed by atoms with E-state index >= 15 is 0 Å². The molecule has 0 amide bonds. The minimum Gasteiger partial charge on any atom is -0.396 e. The van der Waals surface area contributed by atoms with Crippen LogP contribution in [0.25, 0.3) is 0 Å². The molecule has 0 spiro atoms. The summed E-state index contributed by atoms with van der Waals surface area (Å²) >= 11 is 2.35. The number of alkyl halides is 1. The first-order valence-electron chi connectivity index (χ1n) is 4.13. The molecule has 0 saturated heterocycles. The van der Waals surface area contributed by atoms with E-state index in [0.29, 0.717) is 10.3 Å². The van der Waals surface area contributed by atoms with Crippen molar-refractivity contribution >= 4 is 22.6 Å². The first-order valence-corrected chi connectivity index (χ1v) is 5.38. The summed E-state index contributed by atoms with van der Waals surface area (Å²) in [5.74, 6) is 0. The highest BCUT2D eigenvalue weighted by Gasteiger charge is 2.09. The molecule has 0 radical (unpaired) electrons. The normalized spacial score (nSPS) is 16.4. The Morgan fingerprint density at radius 3 is 2.45 bits per heavy atom. The number of hydrogen-bond acceptors (Lipinski definition) is 2. The smallest absolute Gasteiger partial charge is 0.0572 e. The maximum atomic E-state index is 9.28. The van der Waals surface area contributed by atoms with Crippen LogP contribution < -0.4 is 0 Å². The Kier molecular flexibility index (Phi) is 7.74. The molecule has 0 aromatic rings. The van der Waals surface area contributed by atoms with Gasteiger partial charge in [-0.2, -0.15) is 0 Å². The highest BCUT2D eigenvalue weighted by atomic mass is 127. The van der Waals surface area contributed by atoms with Crippen molar-refractivity contribution in [2.45, 2.75) is 42.6 Å². The number of hydrogen-bond donors (Lipinski definition) is 2. The Bertz CT molecular complexity index is 78.2. The Morgan fingerprint density at radius 1 is 1.36 bits per heavy atom. The highest BCUT2D eigenvalue weighted by molar-refractivity contribution is 14.1. The number of aliphatic hydroxyl groups is 2. The first-order chi connectivity index (χ1) is 5.20. The fourth-order valence-corrected chi connectivity index (χ4v) is 2.20. The van der Waals surface area contributed by atoms with Crippen molar-refractivity contribution < 1.29 is 10.2 Å². The summed E-state index contributed by atoms with van der Waals surface area (Å²) in [5.41, 5.74) is 0. The molecular formula is C8H17IO2. The fourth-order valence-electron chi connectivity index (χ4n) is 0.993. The van der Waals surface area contributed by atoms with Crippen LogP contribution in [0, 0.1) is 0 Å². The van der Waals surface area contributed by atoms with Gasteiger partial charge in [-0.1, -0.05) is 35.9 Å². The predicted octanol–water partition coefficient (Wildman–Crippen LogP) is 1.72. The zero-order chi connectivity index (χ0) is 8.69. The fraction of sp³-hybridized carbons (Fsp3) is 1.00. The van der Waals surface area contributed by atoms with Gasteiger partial charge in [0.15, 0.2) is 0 Å². The second-order valence-corrected chi connectivity index (χ2v) is 4.55. The minimum absolute atomic E-state index is 0.0939. The zero-order valence-electron chi connectivity index (χ0n) is 6.96. The molecule has 68 valence electrons. The van der Waals surface area contributed by atoms with Gasteiger partial charge >= 0.3 is 0 Å². The second-order valence-electron chi connectivity index (χ2n) is 2.79. The van der Waals surface area contributed by atoms with Crippen molar-refractivity contribution in [3.63, 3.8) is 0 Å². The molecule has 0 heterocycles. The van der Waals surface area contributed by atoms with Crippen LogP contribution in [0.15, 0.2) is 0 Å². The molecule has 2 unspecified atom stereocenters. The lowest BCUT2D eigenvalue weighted by atomic mass is 10.1. The Balaban J connectivity index is 3.32. The van der Waals surface area contributed by atoms with Gasteiger partial charge in [-0.15, -0.1) is 0 Å². The molecule has 0 aromatic carbocycles. The highest BCUT2D eigenvalue weighted by Crippen LogP contribution is 2.16. The third-order valence-corrected chi connectivity index (χ3v) is 2.72. The van der Waals surface area contributed by atoms with E-state index in [1.54, 1.807) is 0 Å². The lowest BCUT2D eigenvalue weighted by molar-refractivity contribution is 0.125. The van der Waals surface area contributed by atoms with Crippen LogP contribution >= 0.6 is 22.6 Å². The van der Waals surface area contributed by atoms with Crippen molar-refractivity contribution in [2.24, 2.45) is 0 Å². The maximum absolute atomic E-state index is 9.28. The molecule has 0 aromatic heterocycles. The van der Waals surface area contributed by atoms with Gasteiger partial charge in [0.25, 0.3) is 0 Å². The molecule has 0 saturated carbocycles. The molecule has 0 aliphatic carbocycles. The zero-order valence-corrected chi connectivity index (χ0v) is 9.12. The first kappa shape index (κ1) is 11.6. The summed E-state index contributed by atoms with van der Waals surface area (Å²) in [6, 6.07) is 0. The summed E-state index contributed by atoms with van der Waals surface area (Å²) < 4.78 is 0.555. The quantitative estimate of drug-likeness (QED) is 0.571. The van der Waals surface area contributed by atoms with Crippen molar-refractivity contribution in [3.05, 3.63) is 0 Å². The van der Waals surface area contributed by atoms with Crippen molar-refractivity contribution in [2.75, 3.05) is 6.61 Å². The standard InChI is InChI=1S/C8H17IO2/c1-2-3-7(9)6-8(11)4-5-10/h7-8,10-11H,2-6H2,1H3. The Hall–Kier alpha value is 0.650. The van der Waals surface area contributed by atoms with Gasteiger partial charge in [-0.05, 0) is 19.3 Å². The summed E-state index contributed by atoms with van der Waals surface area (Å²) in [7, 11) is 0. The average Bonchev–Trinajstić information content (AvgIpc) is 1.87. The summed E-state index contributed by atoms with van der Waals surface area (Å²) in [6.45, 7) is 2.24. The summed E-state index contributed by atoms with van der Waals surface area (Å²) in [5, 5.41) is 17.8. The minimum atomic E-state index is -0.312. The largest absolute Gasteiger partial charge is 0.396 e.